The molecule has 0 aliphatic rings. The molecule has 0 fully saturated rings. The fourth-order valence-electron chi connectivity index (χ4n) is 1.90. The lowest BCUT2D eigenvalue weighted by molar-refractivity contribution is 0.323. The minimum atomic E-state index is -0.154. The monoisotopic (exact) mass is 351 g/mol. The second kappa shape index (κ2) is 6.76. The number of ether oxygens (including phenoxy) is 1. The quantitative estimate of drug-likeness (QED) is 0.829. The molecular weight excluding hydrogens is 334 g/mol. The van der Waals surface area contributed by atoms with E-state index < -0.39 is 0 Å². The molecule has 2 rings (SSSR count). The lowest BCUT2D eigenvalue weighted by atomic mass is 10.2. The standard InChI is InChI=1S/C15H18BrN3O2/c1-11-6-4-5-7-13(11)21-9-8-18(2)12-10-17-19(3)15(20)14(12)16/h4-7,10H,8-9H2,1-3H3. The van der Waals surface area contributed by atoms with Crippen LogP contribution in [0.1, 0.15) is 5.56 Å². The fourth-order valence-corrected chi connectivity index (χ4v) is 2.56. The van der Waals surface area contributed by atoms with Crippen molar-refractivity contribution in [1.82, 2.24) is 9.78 Å². The molecule has 2 aromatic rings. The number of hydrogen-bond donors (Lipinski definition) is 0. The van der Waals surface area contributed by atoms with Crippen LogP contribution in [0.3, 0.4) is 0 Å². The van der Waals surface area contributed by atoms with E-state index in [4.69, 9.17) is 4.74 Å². The summed E-state index contributed by atoms with van der Waals surface area (Å²) in [5, 5.41) is 4.03. The van der Waals surface area contributed by atoms with Crippen LogP contribution in [-0.4, -0.2) is 30.0 Å². The highest BCUT2D eigenvalue weighted by Crippen LogP contribution is 2.20. The van der Waals surface area contributed by atoms with Gasteiger partial charge in [0.25, 0.3) is 5.56 Å². The molecule has 6 heteroatoms. The second-order valence-electron chi connectivity index (χ2n) is 4.81. The van der Waals surface area contributed by atoms with Crippen LogP contribution in [0.5, 0.6) is 5.75 Å². The molecule has 0 saturated carbocycles. The number of rotatable bonds is 5. The normalized spacial score (nSPS) is 10.5. The Morgan fingerprint density at radius 2 is 2.10 bits per heavy atom. The van der Waals surface area contributed by atoms with Crippen molar-refractivity contribution in [3.8, 4) is 5.75 Å². The molecule has 0 aliphatic carbocycles. The number of aromatic nitrogens is 2. The Kier molecular flexibility index (Phi) is 5.01. The highest BCUT2D eigenvalue weighted by molar-refractivity contribution is 9.10. The summed E-state index contributed by atoms with van der Waals surface area (Å²) >= 11 is 3.32. The molecule has 1 heterocycles. The van der Waals surface area contributed by atoms with E-state index in [1.54, 1.807) is 13.2 Å². The maximum atomic E-state index is 11.8. The topological polar surface area (TPSA) is 47.4 Å². The summed E-state index contributed by atoms with van der Waals surface area (Å²) in [6, 6.07) is 7.90. The number of para-hydroxylation sites is 1. The van der Waals surface area contributed by atoms with E-state index in [1.165, 1.54) is 4.68 Å². The maximum Gasteiger partial charge on any atom is 0.282 e. The van der Waals surface area contributed by atoms with Crippen molar-refractivity contribution >= 4 is 21.6 Å². The van der Waals surface area contributed by atoms with Crippen molar-refractivity contribution in [2.45, 2.75) is 6.92 Å². The molecule has 0 unspecified atom stereocenters. The summed E-state index contributed by atoms with van der Waals surface area (Å²) < 4.78 is 7.57. The number of anilines is 1. The molecule has 0 N–H and O–H groups in total. The maximum absolute atomic E-state index is 11.8. The lowest BCUT2D eigenvalue weighted by Gasteiger charge is -2.20. The fraction of sp³-hybridized carbons (Fsp3) is 0.333. The Hall–Kier alpha value is -1.82. The van der Waals surface area contributed by atoms with Crippen LogP contribution >= 0.6 is 15.9 Å². The van der Waals surface area contributed by atoms with Gasteiger partial charge in [0, 0.05) is 14.1 Å². The van der Waals surface area contributed by atoms with Gasteiger partial charge in [-0.1, -0.05) is 18.2 Å². The zero-order chi connectivity index (χ0) is 15.4. The number of aryl methyl sites for hydroxylation is 2. The Labute approximate surface area is 132 Å². The number of halogens is 1. The van der Waals surface area contributed by atoms with Gasteiger partial charge < -0.3 is 9.64 Å². The number of benzene rings is 1. The smallest absolute Gasteiger partial charge is 0.282 e. The zero-order valence-corrected chi connectivity index (χ0v) is 13.9. The van der Waals surface area contributed by atoms with Crippen molar-refractivity contribution in [3.05, 3.63) is 50.9 Å². The highest BCUT2D eigenvalue weighted by atomic mass is 79.9. The second-order valence-corrected chi connectivity index (χ2v) is 5.60. The Morgan fingerprint density at radius 3 is 2.81 bits per heavy atom. The van der Waals surface area contributed by atoms with E-state index in [1.807, 2.05) is 43.1 Å². The molecule has 0 amide bonds. The molecular formula is C15H18BrN3O2. The number of likely N-dealkylation sites (N-methyl/N-ethyl adjacent to an activating group) is 1. The Morgan fingerprint density at radius 1 is 1.38 bits per heavy atom. The molecule has 0 bridgehead atoms. The number of nitrogens with zero attached hydrogens (tertiary/aromatic N) is 3. The molecule has 21 heavy (non-hydrogen) atoms. The van der Waals surface area contributed by atoms with Gasteiger partial charge in [-0.25, -0.2) is 4.68 Å². The minimum absolute atomic E-state index is 0.154. The van der Waals surface area contributed by atoms with Gasteiger partial charge in [0.1, 0.15) is 16.8 Å². The van der Waals surface area contributed by atoms with Crippen molar-refractivity contribution in [2.24, 2.45) is 7.05 Å². The molecule has 0 saturated heterocycles. The van der Waals surface area contributed by atoms with Crippen molar-refractivity contribution in [1.29, 1.82) is 0 Å². The van der Waals surface area contributed by atoms with E-state index in [0.29, 0.717) is 17.6 Å². The predicted octanol–water partition coefficient (Wildman–Crippen LogP) is 2.37. The summed E-state index contributed by atoms with van der Waals surface area (Å²) in [5.41, 5.74) is 1.71. The average Bonchev–Trinajstić information content (AvgIpc) is 2.47. The zero-order valence-electron chi connectivity index (χ0n) is 12.3. The lowest BCUT2D eigenvalue weighted by Crippen LogP contribution is -2.28. The molecule has 5 nitrogen and oxygen atoms in total. The third-order valence-corrected chi connectivity index (χ3v) is 3.99. The summed E-state index contributed by atoms with van der Waals surface area (Å²) in [5.74, 6) is 0.882. The molecule has 0 radical (unpaired) electrons. The molecule has 112 valence electrons. The van der Waals surface area contributed by atoms with Crippen LogP contribution in [0.25, 0.3) is 0 Å². The number of hydrogen-bond acceptors (Lipinski definition) is 4. The first-order valence-electron chi connectivity index (χ1n) is 6.62. The van der Waals surface area contributed by atoms with Crippen LogP contribution in [0.15, 0.2) is 39.7 Å². The summed E-state index contributed by atoms with van der Waals surface area (Å²) in [7, 11) is 3.53. The SMILES string of the molecule is Cc1ccccc1OCCN(C)c1cnn(C)c(=O)c1Br. The first kappa shape index (κ1) is 15.6. The van der Waals surface area contributed by atoms with Gasteiger partial charge in [-0.2, -0.15) is 5.10 Å². The van der Waals surface area contributed by atoms with Gasteiger partial charge in [0.05, 0.1) is 18.4 Å². The predicted molar refractivity (Wildman–Crippen MR) is 87.1 cm³/mol. The van der Waals surface area contributed by atoms with E-state index >= 15 is 0 Å². The molecule has 1 aromatic heterocycles. The van der Waals surface area contributed by atoms with Crippen LogP contribution < -0.4 is 15.2 Å². The minimum Gasteiger partial charge on any atom is -0.491 e. The van der Waals surface area contributed by atoms with E-state index in [2.05, 4.69) is 21.0 Å². The highest BCUT2D eigenvalue weighted by Gasteiger charge is 2.11. The van der Waals surface area contributed by atoms with Crippen LogP contribution in [0, 0.1) is 6.92 Å². The molecule has 0 aliphatic heterocycles. The third kappa shape index (κ3) is 3.64. The van der Waals surface area contributed by atoms with Crippen LogP contribution in [-0.2, 0) is 7.05 Å². The van der Waals surface area contributed by atoms with E-state index in [9.17, 15) is 4.79 Å². The van der Waals surface area contributed by atoms with Gasteiger partial charge >= 0.3 is 0 Å². The van der Waals surface area contributed by atoms with Gasteiger partial charge in [0.2, 0.25) is 0 Å². The van der Waals surface area contributed by atoms with Crippen LogP contribution in [0.4, 0.5) is 5.69 Å². The van der Waals surface area contributed by atoms with Crippen LogP contribution in [0.2, 0.25) is 0 Å². The Balaban J connectivity index is 2.00. The summed E-state index contributed by atoms with van der Waals surface area (Å²) in [6.45, 7) is 3.20. The third-order valence-electron chi connectivity index (χ3n) is 3.25. The summed E-state index contributed by atoms with van der Waals surface area (Å²) in [6.07, 6.45) is 1.67. The first-order valence-corrected chi connectivity index (χ1v) is 7.41. The van der Waals surface area contributed by atoms with Crippen molar-refractivity contribution in [2.75, 3.05) is 25.1 Å². The largest absolute Gasteiger partial charge is 0.491 e. The van der Waals surface area contributed by atoms with Gasteiger partial charge in [0.15, 0.2) is 0 Å². The van der Waals surface area contributed by atoms with Gasteiger partial charge in [-0.05, 0) is 34.5 Å². The van der Waals surface area contributed by atoms with Gasteiger partial charge in [-0.3, -0.25) is 4.79 Å². The van der Waals surface area contributed by atoms with Gasteiger partial charge in [-0.15, -0.1) is 0 Å². The van der Waals surface area contributed by atoms with Crippen molar-refractivity contribution in [3.63, 3.8) is 0 Å². The van der Waals surface area contributed by atoms with E-state index in [0.717, 1.165) is 17.0 Å². The molecule has 1 aromatic carbocycles. The Bertz CT molecular complexity index is 685. The van der Waals surface area contributed by atoms with Crippen molar-refractivity contribution < 1.29 is 4.74 Å². The average molecular weight is 352 g/mol. The molecule has 0 atom stereocenters. The first-order chi connectivity index (χ1) is 10.0. The summed E-state index contributed by atoms with van der Waals surface area (Å²) in [4.78, 5) is 13.8. The van der Waals surface area contributed by atoms with E-state index in [-0.39, 0.29) is 5.56 Å². The molecule has 0 spiro atoms.